The fourth-order valence-electron chi connectivity index (χ4n) is 3.33. The molecule has 0 saturated carbocycles. The highest BCUT2D eigenvalue weighted by Crippen LogP contribution is 2.21. The van der Waals surface area contributed by atoms with Crippen molar-refractivity contribution in [2.45, 2.75) is 31.8 Å². The van der Waals surface area contributed by atoms with Gasteiger partial charge in [0.25, 0.3) is 0 Å². The molecule has 0 aliphatic carbocycles. The minimum absolute atomic E-state index is 0. The first kappa shape index (κ1) is 15.3. The number of halogens is 1. The third-order valence-electron chi connectivity index (χ3n) is 4.50. The van der Waals surface area contributed by atoms with E-state index in [-0.39, 0.29) is 24.5 Å². The summed E-state index contributed by atoms with van der Waals surface area (Å²) in [7, 11) is 0. The molecule has 0 amide bonds. The van der Waals surface area contributed by atoms with E-state index in [1.807, 2.05) is 18.2 Å². The van der Waals surface area contributed by atoms with Crippen molar-refractivity contribution in [3.63, 3.8) is 0 Å². The van der Waals surface area contributed by atoms with Crippen molar-refractivity contribution in [2.24, 2.45) is 5.92 Å². The number of carbonyl (C=O) groups excluding carboxylic acids is 1. The fraction of sp³-hybridized carbons (Fsp3) is 0.562. The quantitative estimate of drug-likeness (QED) is 0.642. The molecule has 4 rings (SSSR count). The Hall–Kier alpha value is -1.06. The van der Waals surface area contributed by atoms with Gasteiger partial charge < -0.3 is 22.0 Å². The molecular formula is C16H22ClNO2. The van der Waals surface area contributed by atoms with Crippen LogP contribution >= 0.6 is 0 Å². The zero-order chi connectivity index (χ0) is 13.1. The van der Waals surface area contributed by atoms with Crippen molar-refractivity contribution >= 4 is 5.97 Å². The lowest BCUT2D eigenvalue weighted by Crippen LogP contribution is -3.16. The predicted molar refractivity (Wildman–Crippen MR) is 72.9 cm³/mol. The van der Waals surface area contributed by atoms with Crippen molar-refractivity contribution in [2.75, 3.05) is 19.6 Å². The molecule has 1 unspecified atom stereocenters. The maximum atomic E-state index is 11.9. The third-order valence-corrected chi connectivity index (χ3v) is 4.50. The summed E-state index contributed by atoms with van der Waals surface area (Å²) < 4.78 is 5.69. The molecule has 3 fully saturated rings. The number of hydrogen-bond donors (Lipinski definition) is 1. The van der Waals surface area contributed by atoms with E-state index in [0.29, 0.717) is 12.3 Å². The highest BCUT2D eigenvalue weighted by Gasteiger charge is 2.39. The van der Waals surface area contributed by atoms with Crippen LogP contribution in [0.1, 0.15) is 24.8 Å². The second-order valence-corrected chi connectivity index (χ2v) is 5.81. The molecule has 3 nitrogen and oxygen atoms in total. The zero-order valence-corrected chi connectivity index (χ0v) is 12.4. The predicted octanol–water partition coefficient (Wildman–Crippen LogP) is -2.16. The second-order valence-electron chi connectivity index (χ2n) is 5.81. The Labute approximate surface area is 126 Å². The Morgan fingerprint density at radius 2 is 1.90 bits per heavy atom. The van der Waals surface area contributed by atoms with Crippen LogP contribution in [0.25, 0.3) is 0 Å². The van der Waals surface area contributed by atoms with Crippen LogP contribution in [0.2, 0.25) is 0 Å². The lowest BCUT2D eigenvalue weighted by Gasteiger charge is -2.41. The largest absolute Gasteiger partial charge is 1.00 e. The summed E-state index contributed by atoms with van der Waals surface area (Å²) in [6, 6.07) is 10.1. The summed E-state index contributed by atoms with van der Waals surface area (Å²) >= 11 is 0. The minimum Gasteiger partial charge on any atom is -1.00 e. The van der Waals surface area contributed by atoms with Crippen LogP contribution in [-0.4, -0.2) is 31.7 Å². The maximum Gasteiger partial charge on any atom is 0.306 e. The van der Waals surface area contributed by atoms with Gasteiger partial charge in [0.2, 0.25) is 0 Å². The molecule has 3 aliphatic rings. The summed E-state index contributed by atoms with van der Waals surface area (Å²) in [6.45, 7) is 3.56. The van der Waals surface area contributed by atoms with Crippen LogP contribution in [0.3, 0.4) is 0 Å². The van der Waals surface area contributed by atoms with Crippen molar-refractivity contribution in [3.05, 3.63) is 35.9 Å². The molecule has 1 aromatic rings. The zero-order valence-electron chi connectivity index (χ0n) is 11.7. The number of nitrogens with one attached hydrogen (secondary N) is 1. The molecule has 2 bridgehead atoms. The third kappa shape index (κ3) is 3.74. The second kappa shape index (κ2) is 7.09. The Bertz CT molecular complexity index is 429. The Morgan fingerprint density at radius 3 is 2.50 bits per heavy atom. The van der Waals surface area contributed by atoms with Gasteiger partial charge in [0, 0.05) is 25.2 Å². The van der Waals surface area contributed by atoms with E-state index in [0.717, 1.165) is 13.0 Å². The fourth-order valence-corrected chi connectivity index (χ4v) is 3.33. The number of quaternary nitrogens is 1. The van der Waals surface area contributed by atoms with E-state index in [1.165, 1.54) is 31.5 Å². The van der Waals surface area contributed by atoms with Gasteiger partial charge in [-0.15, -0.1) is 0 Å². The van der Waals surface area contributed by atoms with E-state index in [2.05, 4.69) is 12.1 Å². The molecule has 1 atom stereocenters. The molecule has 0 radical (unpaired) electrons. The van der Waals surface area contributed by atoms with E-state index >= 15 is 0 Å². The van der Waals surface area contributed by atoms with Gasteiger partial charge in [-0.25, -0.2) is 0 Å². The van der Waals surface area contributed by atoms with Crippen molar-refractivity contribution in [1.82, 2.24) is 0 Å². The first-order valence-electron chi connectivity index (χ1n) is 7.38. The standard InChI is InChI=1S/C16H21NO2.ClH/c18-16(7-6-13-4-2-1-3-5-13)19-15-12-17-10-8-14(15)9-11-17;/h1-5,14-15H,6-12H2;1H. The van der Waals surface area contributed by atoms with Crippen LogP contribution in [0, 0.1) is 5.92 Å². The van der Waals surface area contributed by atoms with Gasteiger partial charge in [-0.05, 0) is 12.0 Å². The van der Waals surface area contributed by atoms with E-state index in [9.17, 15) is 4.79 Å². The van der Waals surface area contributed by atoms with Crippen LogP contribution < -0.4 is 17.3 Å². The first-order chi connectivity index (χ1) is 9.31. The summed E-state index contributed by atoms with van der Waals surface area (Å²) in [5.41, 5.74) is 1.21. The molecule has 0 aromatic heterocycles. The van der Waals surface area contributed by atoms with Gasteiger partial charge in [-0.1, -0.05) is 30.3 Å². The van der Waals surface area contributed by atoms with Crippen LogP contribution in [-0.2, 0) is 16.0 Å². The highest BCUT2D eigenvalue weighted by atomic mass is 35.5. The van der Waals surface area contributed by atoms with Crippen LogP contribution in [0.4, 0.5) is 0 Å². The molecule has 0 spiro atoms. The van der Waals surface area contributed by atoms with E-state index < -0.39 is 0 Å². The van der Waals surface area contributed by atoms with Gasteiger partial charge in [-0.3, -0.25) is 4.79 Å². The lowest BCUT2D eigenvalue weighted by molar-refractivity contribution is -0.920. The number of carbonyl (C=O) groups is 1. The van der Waals surface area contributed by atoms with Gasteiger partial charge in [-0.2, -0.15) is 0 Å². The molecule has 20 heavy (non-hydrogen) atoms. The normalized spacial score (nSPS) is 27.7. The SMILES string of the molecule is O=C(CCc1ccccc1)OC1C[NH+]2CCC1CC2.[Cl-]. The van der Waals surface area contributed by atoms with Gasteiger partial charge >= 0.3 is 5.97 Å². The summed E-state index contributed by atoms with van der Waals surface area (Å²) in [5.74, 6) is 0.597. The summed E-state index contributed by atoms with van der Waals surface area (Å²) in [4.78, 5) is 13.5. The van der Waals surface area contributed by atoms with E-state index in [1.54, 1.807) is 4.90 Å². The number of benzene rings is 1. The average molecular weight is 296 g/mol. The molecule has 1 N–H and O–H groups in total. The van der Waals surface area contributed by atoms with Crippen LogP contribution in [0.15, 0.2) is 30.3 Å². The summed E-state index contributed by atoms with van der Waals surface area (Å²) in [5, 5.41) is 0. The smallest absolute Gasteiger partial charge is 0.306 e. The number of fused-ring (bicyclic) bond motifs is 3. The first-order valence-corrected chi connectivity index (χ1v) is 7.38. The Kier molecular flexibility index (Phi) is 5.44. The van der Waals surface area contributed by atoms with E-state index in [4.69, 9.17) is 4.74 Å². The number of ether oxygens (including phenoxy) is 1. The molecular weight excluding hydrogens is 274 g/mol. The van der Waals surface area contributed by atoms with Crippen LogP contribution in [0.5, 0.6) is 0 Å². The van der Waals surface area contributed by atoms with Crippen molar-refractivity contribution in [1.29, 1.82) is 0 Å². The Morgan fingerprint density at radius 1 is 1.20 bits per heavy atom. The van der Waals surface area contributed by atoms with Gasteiger partial charge in [0.15, 0.2) is 6.10 Å². The molecule has 3 heterocycles. The van der Waals surface area contributed by atoms with Crippen molar-refractivity contribution in [3.8, 4) is 0 Å². The topological polar surface area (TPSA) is 30.7 Å². The molecule has 110 valence electrons. The molecule has 4 heteroatoms. The number of esters is 1. The number of hydrogen-bond acceptors (Lipinski definition) is 2. The number of piperidine rings is 3. The maximum absolute atomic E-state index is 11.9. The number of rotatable bonds is 4. The summed E-state index contributed by atoms with van der Waals surface area (Å²) in [6.07, 6.45) is 3.93. The lowest BCUT2D eigenvalue weighted by atomic mass is 9.86. The minimum atomic E-state index is -0.0259. The number of aryl methyl sites for hydroxylation is 1. The molecule has 1 aromatic carbocycles. The average Bonchev–Trinajstić information content (AvgIpc) is 2.47. The van der Waals surface area contributed by atoms with Gasteiger partial charge in [0.1, 0.15) is 6.54 Å². The van der Waals surface area contributed by atoms with Gasteiger partial charge in [0.05, 0.1) is 13.1 Å². The molecule has 3 saturated heterocycles. The monoisotopic (exact) mass is 295 g/mol. The van der Waals surface area contributed by atoms with Crippen molar-refractivity contribution < 1.29 is 26.8 Å². The Balaban J connectivity index is 0.00000147. The molecule has 3 aliphatic heterocycles. The highest BCUT2D eigenvalue weighted by molar-refractivity contribution is 5.70.